The molecule has 0 saturated heterocycles. The number of hydrogen-bond acceptors (Lipinski definition) is 4. The van der Waals surface area contributed by atoms with E-state index in [4.69, 9.17) is 27.9 Å². The van der Waals surface area contributed by atoms with E-state index in [2.05, 4.69) is 4.98 Å². The number of benzene rings is 1. The first-order valence-corrected chi connectivity index (χ1v) is 6.40. The molecule has 0 saturated carbocycles. The number of ether oxygens (including phenoxy) is 1. The van der Waals surface area contributed by atoms with Gasteiger partial charge in [0.2, 0.25) is 0 Å². The number of rotatable bonds is 4. The van der Waals surface area contributed by atoms with Crippen LogP contribution in [0.4, 0.5) is 5.69 Å². The van der Waals surface area contributed by atoms with Crippen LogP contribution >= 0.6 is 23.2 Å². The zero-order valence-corrected chi connectivity index (χ0v) is 12.0. The van der Waals surface area contributed by atoms with Gasteiger partial charge in [0.25, 0.3) is 0 Å². The molecule has 1 heterocycles. The van der Waals surface area contributed by atoms with Gasteiger partial charge in [-0.15, -0.1) is 0 Å². The smallest absolute Gasteiger partial charge is 0.310 e. The SMILES string of the molecule is Cc1ccc([N+](=O)[O-])c(OCc2cnc(Cl)cc2Cl)c1. The number of nitrogens with zero attached hydrogens (tertiary/aromatic N) is 2. The van der Waals surface area contributed by atoms with Crippen LogP contribution in [0.25, 0.3) is 0 Å². The number of aryl methyl sites for hydroxylation is 1. The van der Waals surface area contributed by atoms with E-state index in [0.29, 0.717) is 10.6 Å². The standard InChI is InChI=1S/C13H10Cl2N2O3/c1-8-2-3-11(17(18)19)12(4-8)20-7-9-6-16-13(15)5-10(9)14/h2-6H,7H2,1H3. The second-order valence-electron chi connectivity index (χ2n) is 4.12. The van der Waals surface area contributed by atoms with Gasteiger partial charge in [0, 0.05) is 17.8 Å². The molecule has 5 nitrogen and oxygen atoms in total. The predicted octanol–water partition coefficient (Wildman–Crippen LogP) is 4.18. The van der Waals surface area contributed by atoms with Crippen LogP contribution in [0.15, 0.2) is 30.5 Å². The van der Waals surface area contributed by atoms with Crippen LogP contribution in [-0.2, 0) is 6.61 Å². The number of halogens is 2. The third kappa shape index (κ3) is 3.37. The minimum atomic E-state index is -0.490. The number of hydrogen-bond donors (Lipinski definition) is 0. The van der Waals surface area contributed by atoms with E-state index in [0.717, 1.165) is 5.56 Å². The second kappa shape index (κ2) is 6.07. The summed E-state index contributed by atoms with van der Waals surface area (Å²) in [5.74, 6) is 0.195. The molecule has 0 unspecified atom stereocenters. The highest BCUT2D eigenvalue weighted by Crippen LogP contribution is 2.29. The van der Waals surface area contributed by atoms with E-state index in [1.165, 1.54) is 18.3 Å². The second-order valence-corrected chi connectivity index (χ2v) is 4.91. The zero-order valence-electron chi connectivity index (χ0n) is 10.5. The van der Waals surface area contributed by atoms with E-state index < -0.39 is 4.92 Å². The molecule has 1 aromatic carbocycles. The molecule has 0 radical (unpaired) electrons. The van der Waals surface area contributed by atoms with Crippen molar-refractivity contribution in [3.63, 3.8) is 0 Å². The molecule has 104 valence electrons. The molecule has 2 aromatic rings. The van der Waals surface area contributed by atoms with E-state index in [1.807, 2.05) is 6.92 Å². The minimum Gasteiger partial charge on any atom is -0.482 e. The Bertz CT molecular complexity index is 662. The molecule has 0 aliphatic heterocycles. The molecule has 0 bridgehead atoms. The highest BCUT2D eigenvalue weighted by Gasteiger charge is 2.15. The van der Waals surface area contributed by atoms with Crippen molar-refractivity contribution in [1.29, 1.82) is 0 Å². The Morgan fingerprint density at radius 2 is 2.10 bits per heavy atom. The zero-order chi connectivity index (χ0) is 14.7. The molecular weight excluding hydrogens is 303 g/mol. The van der Waals surface area contributed by atoms with E-state index in [9.17, 15) is 10.1 Å². The summed E-state index contributed by atoms with van der Waals surface area (Å²) >= 11 is 11.7. The Kier molecular flexibility index (Phi) is 4.42. The number of nitro groups is 1. The average molecular weight is 313 g/mol. The molecule has 0 aliphatic rings. The van der Waals surface area contributed by atoms with Crippen molar-refractivity contribution in [2.24, 2.45) is 0 Å². The lowest BCUT2D eigenvalue weighted by molar-refractivity contribution is -0.386. The van der Waals surface area contributed by atoms with Crippen molar-refractivity contribution in [2.75, 3.05) is 0 Å². The average Bonchev–Trinajstić information content (AvgIpc) is 2.37. The summed E-state index contributed by atoms with van der Waals surface area (Å²) in [6.07, 6.45) is 1.48. The van der Waals surface area contributed by atoms with Crippen LogP contribution < -0.4 is 4.74 Å². The Morgan fingerprint density at radius 1 is 1.35 bits per heavy atom. The summed E-state index contributed by atoms with van der Waals surface area (Å²) in [5.41, 5.74) is 1.38. The summed E-state index contributed by atoms with van der Waals surface area (Å²) in [5, 5.41) is 11.6. The first kappa shape index (κ1) is 14.6. The van der Waals surface area contributed by atoms with E-state index in [-0.39, 0.29) is 23.2 Å². The van der Waals surface area contributed by atoms with Crippen LogP contribution in [0, 0.1) is 17.0 Å². The minimum absolute atomic E-state index is 0.0767. The largest absolute Gasteiger partial charge is 0.482 e. The van der Waals surface area contributed by atoms with Gasteiger partial charge in [-0.25, -0.2) is 4.98 Å². The van der Waals surface area contributed by atoms with E-state index >= 15 is 0 Å². The molecule has 0 aliphatic carbocycles. The van der Waals surface area contributed by atoms with Crippen molar-refractivity contribution in [3.8, 4) is 5.75 Å². The van der Waals surface area contributed by atoms with Gasteiger partial charge in [0.05, 0.1) is 9.95 Å². The molecule has 7 heteroatoms. The fraction of sp³-hybridized carbons (Fsp3) is 0.154. The molecule has 0 N–H and O–H groups in total. The van der Waals surface area contributed by atoms with Crippen molar-refractivity contribution >= 4 is 28.9 Å². The summed E-state index contributed by atoms with van der Waals surface area (Å²) in [7, 11) is 0. The number of pyridine rings is 1. The van der Waals surface area contributed by atoms with Gasteiger partial charge in [0.15, 0.2) is 5.75 Å². The third-order valence-corrected chi connectivity index (χ3v) is 3.15. The maximum Gasteiger partial charge on any atom is 0.310 e. The molecule has 1 aromatic heterocycles. The van der Waals surface area contributed by atoms with Gasteiger partial charge in [-0.1, -0.05) is 29.3 Å². The Morgan fingerprint density at radius 3 is 2.75 bits per heavy atom. The Labute approximate surface area is 125 Å². The number of aromatic nitrogens is 1. The Balaban J connectivity index is 2.22. The monoisotopic (exact) mass is 312 g/mol. The molecule has 0 amide bonds. The fourth-order valence-electron chi connectivity index (χ4n) is 1.59. The van der Waals surface area contributed by atoms with Gasteiger partial charge in [-0.2, -0.15) is 0 Å². The van der Waals surface area contributed by atoms with Gasteiger partial charge in [-0.3, -0.25) is 10.1 Å². The van der Waals surface area contributed by atoms with Crippen LogP contribution in [0.3, 0.4) is 0 Å². The quantitative estimate of drug-likeness (QED) is 0.482. The summed E-state index contributed by atoms with van der Waals surface area (Å²) in [6, 6.07) is 6.16. The van der Waals surface area contributed by atoms with E-state index in [1.54, 1.807) is 12.1 Å². The third-order valence-electron chi connectivity index (χ3n) is 2.59. The summed E-state index contributed by atoms with van der Waals surface area (Å²) < 4.78 is 5.48. The normalized spacial score (nSPS) is 10.3. The first-order chi connectivity index (χ1) is 9.47. The maximum atomic E-state index is 10.9. The lowest BCUT2D eigenvalue weighted by atomic mass is 10.2. The van der Waals surface area contributed by atoms with Gasteiger partial charge < -0.3 is 4.74 Å². The lowest BCUT2D eigenvalue weighted by Gasteiger charge is -2.08. The summed E-state index contributed by atoms with van der Waals surface area (Å²) in [4.78, 5) is 14.3. The highest BCUT2D eigenvalue weighted by atomic mass is 35.5. The van der Waals surface area contributed by atoms with Crippen LogP contribution in [-0.4, -0.2) is 9.91 Å². The van der Waals surface area contributed by atoms with Crippen LogP contribution in [0.5, 0.6) is 5.75 Å². The van der Waals surface area contributed by atoms with Gasteiger partial charge >= 0.3 is 5.69 Å². The molecular formula is C13H10Cl2N2O3. The maximum absolute atomic E-state index is 10.9. The molecule has 2 rings (SSSR count). The number of nitro benzene ring substituents is 1. The van der Waals surface area contributed by atoms with Gasteiger partial charge in [-0.05, 0) is 24.6 Å². The van der Waals surface area contributed by atoms with Crippen molar-refractivity contribution < 1.29 is 9.66 Å². The van der Waals surface area contributed by atoms with Crippen molar-refractivity contribution in [1.82, 2.24) is 4.98 Å². The molecule has 0 spiro atoms. The van der Waals surface area contributed by atoms with Crippen LogP contribution in [0.2, 0.25) is 10.2 Å². The first-order valence-electron chi connectivity index (χ1n) is 5.65. The Hall–Kier alpha value is -1.85. The van der Waals surface area contributed by atoms with Crippen LogP contribution in [0.1, 0.15) is 11.1 Å². The highest BCUT2D eigenvalue weighted by molar-refractivity contribution is 6.34. The van der Waals surface area contributed by atoms with Crippen molar-refractivity contribution in [2.45, 2.75) is 13.5 Å². The molecule has 20 heavy (non-hydrogen) atoms. The molecule has 0 atom stereocenters. The summed E-state index contributed by atoms with van der Waals surface area (Å²) in [6.45, 7) is 1.90. The lowest BCUT2D eigenvalue weighted by Crippen LogP contribution is -2.00. The van der Waals surface area contributed by atoms with Gasteiger partial charge in [0.1, 0.15) is 11.8 Å². The molecule has 0 fully saturated rings. The predicted molar refractivity (Wildman–Crippen MR) is 76.4 cm³/mol. The topological polar surface area (TPSA) is 65.3 Å². The fourth-order valence-corrected chi connectivity index (χ4v) is 2.01. The van der Waals surface area contributed by atoms with Crippen molar-refractivity contribution in [3.05, 3.63) is 61.9 Å².